The standard InChI is InChI=1S/C12H15N3O3/c1-13-6-7-15-11(16)10-8(14-12(15)17)4-3-5-9(10)18-2/h3-5,13H,6-7H2,1-2H3,(H,14,17). The number of aromatic amines is 1. The number of nitrogens with one attached hydrogen (secondary N) is 2. The zero-order valence-corrected chi connectivity index (χ0v) is 10.3. The van der Waals surface area contributed by atoms with Gasteiger partial charge in [0.2, 0.25) is 0 Å². The lowest BCUT2D eigenvalue weighted by Crippen LogP contribution is -2.37. The third kappa shape index (κ3) is 2.02. The van der Waals surface area contributed by atoms with Gasteiger partial charge in [0, 0.05) is 13.1 Å². The molecule has 96 valence electrons. The van der Waals surface area contributed by atoms with Crippen LogP contribution in [0.5, 0.6) is 5.75 Å². The number of fused-ring (bicyclic) bond motifs is 1. The Morgan fingerprint density at radius 3 is 2.83 bits per heavy atom. The molecule has 0 atom stereocenters. The number of hydrogen-bond acceptors (Lipinski definition) is 4. The molecule has 6 nitrogen and oxygen atoms in total. The number of ether oxygens (including phenoxy) is 1. The highest BCUT2D eigenvalue weighted by molar-refractivity contribution is 5.83. The first-order chi connectivity index (χ1) is 8.69. The van der Waals surface area contributed by atoms with E-state index in [0.717, 1.165) is 0 Å². The molecule has 0 saturated heterocycles. The Morgan fingerprint density at radius 2 is 2.17 bits per heavy atom. The molecule has 1 heterocycles. The maximum atomic E-state index is 12.3. The van der Waals surface area contributed by atoms with Crippen LogP contribution in [0.25, 0.3) is 10.9 Å². The van der Waals surface area contributed by atoms with Crippen LogP contribution in [0.4, 0.5) is 0 Å². The maximum Gasteiger partial charge on any atom is 0.328 e. The van der Waals surface area contributed by atoms with Crippen LogP contribution in [0, 0.1) is 0 Å². The van der Waals surface area contributed by atoms with Gasteiger partial charge >= 0.3 is 5.69 Å². The van der Waals surface area contributed by atoms with E-state index in [4.69, 9.17) is 4.74 Å². The summed E-state index contributed by atoms with van der Waals surface area (Å²) in [6, 6.07) is 5.11. The van der Waals surface area contributed by atoms with Gasteiger partial charge in [0.25, 0.3) is 5.56 Å². The molecule has 6 heteroatoms. The highest BCUT2D eigenvalue weighted by Gasteiger charge is 2.11. The predicted octanol–water partition coefficient (Wildman–Crippen LogP) is -0.0822. The van der Waals surface area contributed by atoms with Gasteiger partial charge in [-0.05, 0) is 19.2 Å². The number of hydrogen-bond donors (Lipinski definition) is 2. The van der Waals surface area contributed by atoms with E-state index in [1.165, 1.54) is 11.7 Å². The Kier molecular flexibility index (Phi) is 3.47. The summed E-state index contributed by atoms with van der Waals surface area (Å²) in [6.45, 7) is 0.863. The van der Waals surface area contributed by atoms with Crippen molar-refractivity contribution in [3.8, 4) is 5.75 Å². The van der Waals surface area contributed by atoms with Crippen LogP contribution in [-0.4, -0.2) is 30.3 Å². The van der Waals surface area contributed by atoms with Crippen molar-refractivity contribution in [1.29, 1.82) is 0 Å². The molecule has 0 saturated carbocycles. The molecule has 1 aromatic heterocycles. The van der Waals surface area contributed by atoms with Gasteiger partial charge in [0.1, 0.15) is 11.1 Å². The number of methoxy groups -OCH3 is 1. The second-order valence-corrected chi connectivity index (χ2v) is 3.87. The second-order valence-electron chi connectivity index (χ2n) is 3.87. The van der Waals surface area contributed by atoms with Crippen molar-refractivity contribution >= 4 is 10.9 Å². The van der Waals surface area contributed by atoms with Crippen LogP contribution in [0.3, 0.4) is 0 Å². The number of nitrogens with zero attached hydrogens (tertiary/aromatic N) is 1. The third-order valence-corrected chi connectivity index (χ3v) is 2.78. The van der Waals surface area contributed by atoms with Crippen LogP contribution in [-0.2, 0) is 6.54 Å². The monoisotopic (exact) mass is 249 g/mol. The van der Waals surface area contributed by atoms with Crippen LogP contribution >= 0.6 is 0 Å². The summed E-state index contributed by atoms with van der Waals surface area (Å²) in [5.74, 6) is 0.465. The summed E-state index contributed by atoms with van der Waals surface area (Å²) in [6.07, 6.45) is 0. The van der Waals surface area contributed by atoms with Gasteiger partial charge in [-0.1, -0.05) is 6.07 Å². The van der Waals surface area contributed by atoms with Crippen molar-refractivity contribution < 1.29 is 4.74 Å². The molecule has 18 heavy (non-hydrogen) atoms. The van der Waals surface area contributed by atoms with E-state index in [1.54, 1.807) is 25.2 Å². The number of aromatic nitrogens is 2. The smallest absolute Gasteiger partial charge is 0.328 e. The third-order valence-electron chi connectivity index (χ3n) is 2.78. The lowest BCUT2D eigenvalue weighted by Gasteiger charge is -2.08. The molecule has 1 aromatic carbocycles. The summed E-state index contributed by atoms with van der Waals surface area (Å²) < 4.78 is 6.32. The lowest BCUT2D eigenvalue weighted by atomic mass is 10.2. The first-order valence-electron chi connectivity index (χ1n) is 5.63. The molecular weight excluding hydrogens is 234 g/mol. The van der Waals surface area contributed by atoms with E-state index in [0.29, 0.717) is 29.7 Å². The van der Waals surface area contributed by atoms with Crippen LogP contribution < -0.4 is 21.3 Å². The first kappa shape index (κ1) is 12.4. The molecule has 0 radical (unpaired) electrons. The van der Waals surface area contributed by atoms with Gasteiger partial charge in [-0.2, -0.15) is 0 Å². The van der Waals surface area contributed by atoms with Crippen LogP contribution in [0.2, 0.25) is 0 Å². The molecule has 0 fully saturated rings. The molecule has 0 bridgehead atoms. The average molecular weight is 249 g/mol. The molecule has 0 amide bonds. The summed E-state index contributed by atoms with van der Waals surface area (Å²) in [5.41, 5.74) is -0.248. The summed E-state index contributed by atoms with van der Waals surface area (Å²) in [4.78, 5) is 26.8. The topological polar surface area (TPSA) is 76.1 Å². The van der Waals surface area contributed by atoms with Gasteiger partial charge in [0.05, 0.1) is 12.6 Å². The largest absolute Gasteiger partial charge is 0.496 e. The van der Waals surface area contributed by atoms with Crippen molar-refractivity contribution in [3.05, 3.63) is 39.0 Å². The minimum absolute atomic E-state index is 0.318. The summed E-state index contributed by atoms with van der Waals surface area (Å²) in [5, 5.41) is 3.30. The molecule has 2 aromatic rings. The van der Waals surface area contributed by atoms with Crippen molar-refractivity contribution in [2.75, 3.05) is 20.7 Å². The number of likely N-dealkylation sites (N-methyl/N-ethyl adjacent to an activating group) is 1. The zero-order valence-electron chi connectivity index (χ0n) is 10.3. The Hall–Kier alpha value is -2.08. The number of H-pyrrole nitrogens is 1. The maximum absolute atomic E-state index is 12.3. The Bertz CT molecular complexity index is 672. The van der Waals surface area contributed by atoms with E-state index in [9.17, 15) is 9.59 Å². The minimum Gasteiger partial charge on any atom is -0.496 e. The summed E-state index contributed by atoms with van der Waals surface area (Å²) in [7, 11) is 3.26. The van der Waals surface area contributed by atoms with Gasteiger partial charge in [-0.15, -0.1) is 0 Å². The van der Waals surface area contributed by atoms with Crippen molar-refractivity contribution in [1.82, 2.24) is 14.9 Å². The normalized spacial score (nSPS) is 10.8. The first-order valence-corrected chi connectivity index (χ1v) is 5.63. The number of rotatable bonds is 4. The molecule has 0 aliphatic heterocycles. The Balaban J connectivity index is 2.74. The van der Waals surface area contributed by atoms with E-state index < -0.39 is 5.69 Å². The van der Waals surface area contributed by atoms with E-state index >= 15 is 0 Å². The molecule has 2 rings (SSSR count). The van der Waals surface area contributed by atoms with E-state index in [-0.39, 0.29) is 5.56 Å². The van der Waals surface area contributed by atoms with Crippen LogP contribution in [0.1, 0.15) is 0 Å². The molecular formula is C12H15N3O3. The van der Waals surface area contributed by atoms with Gasteiger partial charge in [-0.25, -0.2) is 4.79 Å². The average Bonchev–Trinajstić information content (AvgIpc) is 2.37. The molecule has 2 N–H and O–H groups in total. The highest BCUT2D eigenvalue weighted by Crippen LogP contribution is 2.18. The van der Waals surface area contributed by atoms with Crippen LogP contribution in [0.15, 0.2) is 27.8 Å². The van der Waals surface area contributed by atoms with Crippen molar-refractivity contribution in [3.63, 3.8) is 0 Å². The Labute approximate surface area is 103 Å². The molecule has 0 unspecified atom stereocenters. The van der Waals surface area contributed by atoms with Crippen molar-refractivity contribution in [2.45, 2.75) is 6.54 Å². The van der Waals surface area contributed by atoms with E-state index in [2.05, 4.69) is 10.3 Å². The fraction of sp³-hybridized carbons (Fsp3) is 0.333. The van der Waals surface area contributed by atoms with Gasteiger partial charge in [-0.3, -0.25) is 9.36 Å². The minimum atomic E-state index is -0.406. The molecule has 0 spiro atoms. The second kappa shape index (κ2) is 5.05. The molecule has 0 aliphatic carbocycles. The van der Waals surface area contributed by atoms with E-state index in [1.807, 2.05) is 0 Å². The van der Waals surface area contributed by atoms with Gasteiger partial charge < -0.3 is 15.0 Å². The Morgan fingerprint density at radius 1 is 1.39 bits per heavy atom. The summed E-state index contributed by atoms with van der Waals surface area (Å²) >= 11 is 0. The zero-order chi connectivity index (χ0) is 13.1. The fourth-order valence-electron chi connectivity index (χ4n) is 1.86. The number of benzene rings is 1. The SMILES string of the molecule is CNCCn1c(=O)[nH]c2cccc(OC)c2c1=O. The fourth-order valence-corrected chi connectivity index (χ4v) is 1.86. The molecule has 0 aliphatic rings. The quantitative estimate of drug-likeness (QED) is 0.794. The lowest BCUT2D eigenvalue weighted by molar-refractivity contribution is 0.419. The van der Waals surface area contributed by atoms with Crippen molar-refractivity contribution in [2.24, 2.45) is 0 Å². The van der Waals surface area contributed by atoms with Gasteiger partial charge in [0.15, 0.2) is 0 Å². The predicted molar refractivity (Wildman–Crippen MR) is 69.3 cm³/mol. The highest BCUT2D eigenvalue weighted by atomic mass is 16.5.